The van der Waals surface area contributed by atoms with E-state index >= 15 is 0 Å². The van der Waals surface area contributed by atoms with E-state index in [9.17, 15) is 9.13 Å². The van der Waals surface area contributed by atoms with Gasteiger partial charge < -0.3 is 27.6 Å². The summed E-state index contributed by atoms with van der Waals surface area (Å²) < 4.78 is 74.6. The number of hydrogen-bond donors (Lipinski definition) is 0. The number of benzene rings is 4. The van der Waals surface area contributed by atoms with Crippen molar-refractivity contribution in [3.8, 4) is 23.0 Å². The minimum atomic E-state index is -4.22. The summed E-state index contributed by atoms with van der Waals surface area (Å²) in [7, 11) is -8.44. The highest BCUT2D eigenvalue weighted by atomic mass is 31.2. The van der Waals surface area contributed by atoms with Crippen LogP contribution in [-0.2, 0) is 27.7 Å². The fourth-order valence-corrected chi connectivity index (χ4v) is 7.30. The van der Waals surface area contributed by atoms with Gasteiger partial charge >= 0.3 is 15.6 Å². The molecular formula is C30H28O10P2. The van der Waals surface area contributed by atoms with Gasteiger partial charge in [-0.3, -0.25) is 9.05 Å². The van der Waals surface area contributed by atoms with Crippen molar-refractivity contribution in [2.45, 2.75) is 24.4 Å². The van der Waals surface area contributed by atoms with Gasteiger partial charge in [-0.1, -0.05) is 72.8 Å². The first-order chi connectivity index (χ1) is 20.5. The molecule has 4 aromatic rings. The third-order valence-electron chi connectivity index (χ3n) is 6.33. The molecule has 0 saturated carbocycles. The molecule has 2 aliphatic rings. The van der Waals surface area contributed by atoms with E-state index in [1.165, 1.54) is 0 Å². The van der Waals surface area contributed by atoms with E-state index in [4.69, 9.17) is 36.6 Å². The maximum Gasteiger partial charge on any atom is 0.588 e. The highest BCUT2D eigenvalue weighted by Gasteiger charge is 2.54. The lowest BCUT2D eigenvalue weighted by Crippen LogP contribution is -2.34. The topological polar surface area (TPSA) is 108 Å². The van der Waals surface area contributed by atoms with E-state index in [2.05, 4.69) is 0 Å². The molecule has 0 aliphatic carbocycles. The normalized spacial score (nSPS) is 21.8. The average Bonchev–Trinajstić information content (AvgIpc) is 3.57. The van der Waals surface area contributed by atoms with Crippen LogP contribution >= 0.6 is 15.6 Å². The molecule has 0 N–H and O–H groups in total. The van der Waals surface area contributed by atoms with Gasteiger partial charge in [0.05, 0.1) is 13.2 Å². The van der Waals surface area contributed by atoms with Crippen LogP contribution in [0.1, 0.15) is 0 Å². The van der Waals surface area contributed by atoms with Gasteiger partial charge in [0.2, 0.25) is 0 Å². The summed E-state index contributed by atoms with van der Waals surface area (Å²) in [5.41, 5.74) is 0. The molecule has 10 nitrogen and oxygen atoms in total. The number of hydrogen-bond acceptors (Lipinski definition) is 10. The molecule has 0 aromatic heterocycles. The van der Waals surface area contributed by atoms with Crippen molar-refractivity contribution in [2.24, 2.45) is 0 Å². The fraction of sp³-hybridized carbons (Fsp3) is 0.200. The van der Waals surface area contributed by atoms with Gasteiger partial charge in [0.15, 0.2) is 0 Å². The third-order valence-corrected chi connectivity index (χ3v) is 9.13. The molecule has 12 heteroatoms. The highest BCUT2D eigenvalue weighted by Crippen LogP contribution is 2.55. The summed E-state index contributed by atoms with van der Waals surface area (Å²) in [6.45, 7) is -0.00224. The van der Waals surface area contributed by atoms with Gasteiger partial charge in [0.25, 0.3) is 0 Å². The van der Waals surface area contributed by atoms with E-state index in [1.54, 1.807) is 121 Å². The van der Waals surface area contributed by atoms with Crippen LogP contribution in [0.5, 0.6) is 23.0 Å². The maximum atomic E-state index is 13.9. The Kier molecular flexibility index (Phi) is 8.63. The number of phosphoric ester groups is 2. The van der Waals surface area contributed by atoms with Crippen LogP contribution in [0.4, 0.5) is 0 Å². The first-order valence-corrected chi connectivity index (χ1v) is 16.2. The summed E-state index contributed by atoms with van der Waals surface area (Å²) in [6, 6.07) is 34.3. The number of phosphoric acid groups is 2. The summed E-state index contributed by atoms with van der Waals surface area (Å²) in [6.07, 6.45) is -3.12. The first-order valence-electron chi connectivity index (χ1n) is 13.3. The Labute approximate surface area is 243 Å². The molecule has 4 aromatic carbocycles. The van der Waals surface area contributed by atoms with Crippen LogP contribution in [0.25, 0.3) is 0 Å². The largest absolute Gasteiger partial charge is 0.588 e. The molecule has 4 atom stereocenters. The van der Waals surface area contributed by atoms with Crippen LogP contribution < -0.4 is 18.1 Å². The summed E-state index contributed by atoms with van der Waals surface area (Å²) in [5, 5.41) is 0. The Morgan fingerprint density at radius 3 is 0.976 bits per heavy atom. The zero-order chi connectivity index (χ0) is 28.8. The van der Waals surface area contributed by atoms with E-state index < -0.39 is 40.1 Å². The zero-order valence-electron chi connectivity index (χ0n) is 22.2. The molecule has 0 bridgehead atoms. The van der Waals surface area contributed by atoms with Crippen LogP contribution in [-0.4, -0.2) is 37.6 Å². The Balaban J connectivity index is 1.18. The second-order valence-electron chi connectivity index (χ2n) is 9.40. The standard InChI is InChI=1S/C30H28O10P2/c31-41(35-23-13-5-1-6-14-23,36-24-15-7-2-8-16-24)39-27-21-33-30-28(22-34-29(27)30)40-42(32,37-25-17-9-3-10-18-25)38-26-19-11-4-12-20-26/h1-20,27-30H,21-22H2/t27-,28+,29-,30-/m1/s1. The van der Waals surface area contributed by atoms with Crippen molar-refractivity contribution in [1.29, 1.82) is 0 Å². The zero-order valence-corrected chi connectivity index (χ0v) is 24.0. The van der Waals surface area contributed by atoms with Gasteiger partial charge in [-0.25, -0.2) is 9.13 Å². The predicted molar refractivity (Wildman–Crippen MR) is 153 cm³/mol. The van der Waals surface area contributed by atoms with Crippen molar-refractivity contribution in [3.05, 3.63) is 121 Å². The Hall–Kier alpha value is -3.62. The van der Waals surface area contributed by atoms with E-state index in [0.717, 1.165) is 0 Å². The van der Waals surface area contributed by atoms with Crippen molar-refractivity contribution in [3.63, 3.8) is 0 Å². The number of para-hydroxylation sites is 4. The average molecular weight is 610 g/mol. The van der Waals surface area contributed by atoms with Crippen LogP contribution in [0.3, 0.4) is 0 Å². The fourth-order valence-electron chi connectivity index (χ4n) is 4.51. The molecule has 218 valence electrons. The van der Waals surface area contributed by atoms with Crippen LogP contribution in [0, 0.1) is 0 Å². The van der Waals surface area contributed by atoms with Crippen molar-refractivity contribution >= 4 is 15.6 Å². The first kappa shape index (κ1) is 28.5. The SMILES string of the molecule is O=P(Oc1ccccc1)(Oc1ccccc1)O[C@H]1CO[C@H]2[C@@H]1OC[C@H]2OP(=O)(Oc1ccccc1)Oc1ccccc1. The van der Waals surface area contributed by atoms with Gasteiger partial charge in [0.1, 0.15) is 47.4 Å². The van der Waals surface area contributed by atoms with Gasteiger partial charge in [-0.05, 0) is 48.5 Å². The molecule has 42 heavy (non-hydrogen) atoms. The van der Waals surface area contributed by atoms with Crippen molar-refractivity contribution < 1.29 is 45.7 Å². The molecule has 2 heterocycles. The minimum absolute atomic E-state index is 0.00112. The van der Waals surface area contributed by atoms with Gasteiger partial charge in [0, 0.05) is 0 Å². The maximum absolute atomic E-state index is 13.9. The van der Waals surface area contributed by atoms with Gasteiger partial charge in [-0.15, -0.1) is 0 Å². The van der Waals surface area contributed by atoms with Crippen molar-refractivity contribution in [1.82, 2.24) is 0 Å². The summed E-state index contributed by atoms with van der Waals surface area (Å²) in [4.78, 5) is 0. The molecule has 2 saturated heterocycles. The second kappa shape index (κ2) is 12.7. The van der Waals surface area contributed by atoms with E-state index in [-0.39, 0.29) is 13.2 Å². The number of ether oxygens (including phenoxy) is 2. The second-order valence-corrected chi connectivity index (χ2v) is 12.3. The quantitative estimate of drug-likeness (QED) is 0.154. The molecule has 6 rings (SSSR count). The molecule has 2 aliphatic heterocycles. The van der Waals surface area contributed by atoms with Crippen molar-refractivity contribution in [2.75, 3.05) is 13.2 Å². The van der Waals surface area contributed by atoms with Gasteiger partial charge in [-0.2, -0.15) is 0 Å². The van der Waals surface area contributed by atoms with Crippen LogP contribution in [0.15, 0.2) is 121 Å². The molecule has 2 fully saturated rings. The lowest BCUT2D eigenvalue weighted by Gasteiger charge is -2.24. The van der Waals surface area contributed by atoms with Crippen LogP contribution in [0.2, 0.25) is 0 Å². The third kappa shape index (κ3) is 7.05. The molecule has 0 amide bonds. The predicted octanol–water partition coefficient (Wildman–Crippen LogP) is 7.09. The Bertz CT molecular complexity index is 1320. The summed E-state index contributed by atoms with van der Waals surface area (Å²) >= 11 is 0. The van der Waals surface area contributed by atoms with E-state index in [1.807, 2.05) is 0 Å². The Morgan fingerprint density at radius 1 is 0.452 bits per heavy atom. The van der Waals surface area contributed by atoms with E-state index in [0.29, 0.717) is 23.0 Å². The molecular weight excluding hydrogens is 582 g/mol. The Morgan fingerprint density at radius 2 is 0.714 bits per heavy atom. The highest BCUT2D eigenvalue weighted by molar-refractivity contribution is 7.49. The number of rotatable bonds is 12. The minimum Gasteiger partial charge on any atom is -0.395 e. The monoisotopic (exact) mass is 610 g/mol. The molecule has 0 radical (unpaired) electrons. The summed E-state index contributed by atoms with van der Waals surface area (Å²) in [5.74, 6) is 1.21. The lowest BCUT2D eigenvalue weighted by atomic mass is 10.1. The molecule has 0 unspecified atom stereocenters. The molecule has 0 spiro atoms. The smallest absolute Gasteiger partial charge is 0.395 e. The lowest BCUT2D eigenvalue weighted by molar-refractivity contribution is 0.00417. The number of fused-ring (bicyclic) bond motifs is 1.